The number of nitrogens with zero attached hydrogens (tertiary/aromatic N) is 1. The molecule has 17 heavy (non-hydrogen) atoms. The molecule has 1 rings (SSSR count). The number of hydrogen-bond donors (Lipinski definition) is 2. The fourth-order valence-electron chi connectivity index (χ4n) is 1.62. The van der Waals surface area contributed by atoms with Gasteiger partial charge in [0.2, 0.25) is 5.91 Å². The van der Waals surface area contributed by atoms with Crippen LogP contribution in [0.15, 0.2) is 0 Å². The molecule has 1 unspecified atom stereocenters. The smallest absolute Gasteiger partial charge is 0.306 e. The maximum atomic E-state index is 11.7. The van der Waals surface area contributed by atoms with Gasteiger partial charge in [-0.15, -0.1) is 6.42 Å². The molecule has 0 aromatic heterocycles. The standard InChI is InChI=1S/C11H16N2O4/c1-2-3-12-7-10(14)13-4-5-17-9(8-13)6-11(15)16/h1,9,12H,3-8H2,(H,15,16). The van der Waals surface area contributed by atoms with Crippen LogP contribution in [-0.4, -0.2) is 60.8 Å². The normalized spacial score (nSPS) is 19.7. The van der Waals surface area contributed by atoms with Gasteiger partial charge < -0.3 is 14.7 Å². The first kappa shape index (κ1) is 13.5. The van der Waals surface area contributed by atoms with E-state index in [0.29, 0.717) is 26.2 Å². The highest BCUT2D eigenvalue weighted by molar-refractivity contribution is 5.78. The van der Waals surface area contributed by atoms with Crippen LogP contribution in [0, 0.1) is 12.3 Å². The number of terminal acetylenes is 1. The monoisotopic (exact) mass is 240 g/mol. The molecule has 1 heterocycles. The molecule has 0 saturated carbocycles. The molecule has 1 saturated heterocycles. The minimum absolute atomic E-state index is 0.0818. The lowest BCUT2D eigenvalue weighted by atomic mass is 10.2. The Morgan fingerprint density at radius 3 is 3.00 bits per heavy atom. The zero-order chi connectivity index (χ0) is 12.7. The van der Waals surface area contributed by atoms with E-state index in [4.69, 9.17) is 16.3 Å². The highest BCUT2D eigenvalue weighted by Gasteiger charge is 2.25. The molecule has 0 bridgehead atoms. The molecular weight excluding hydrogens is 224 g/mol. The summed E-state index contributed by atoms with van der Waals surface area (Å²) < 4.78 is 5.27. The minimum atomic E-state index is -0.922. The average Bonchev–Trinajstić information content (AvgIpc) is 2.28. The van der Waals surface area contributed by atoms with Crippen molar-refractivity contribution in [3.63, 3.8) is 0 Å². The molecular formula is C11H16N2O4. The topological polar surface area (TPSA) is 78.9 Å². The number of rotatable bonds is 5. The van der Waals surface area contributed by atoms with Crippen molar-refractivity contribution in [2.24, 2.45) is 0 Å². The van der Waals surface area contributed by atoms with E-state index in [2.05, 4.69) is 11.2 Å². The maximum Gasteiger partial charge on any atom is 0.306 e. The van der Waals surface area contributed by atoms with Crippen LogP contribution in [-0.2, 0) is 14.3 Å². The van der Waals surface area contributed by atoms with Gasteiger partial charge in [-0.3, -0.25) is 14.9 Å². The van der Waals surface area contributed by atoms with E-state index in [1.165, 1.54) is 0 Å². The Morgan fingerprint density at radius 1 is 1.59 bits per heavy atom. The summed E-state index contributed by atoms with van der Waals surface area (Å²) in [6.07, 6.45) is 4.55. The summed E-state index contributed by atoms with van der Waals surface area (Å²) in [5.74, 6) is 1.37. The van der Waals surface area contributed by atoms with Gasteiger partial charge in [-0.25, -0.2) is 0 Å². The summed E-state index contributed by atoms with van der Waals surface area (Å²) in [6, 6.07) is 0. The highest BCUT2D eigenvalue weighted by Crippen LogP contribution is 2.08. The molecule has 0 aromatic carbocycles. The number of morpholine rings is 1. The summed E-state index contributed by atoms with van der Waals surface area (Å²) in [4.78, 5) is 23.8. The summed E-state index contributed by atoms with van der Waals surface area (Å²) >= 11 is 0. The van der Waals surface area contributed by atoms with Gasteiger partial charge in [-0.05, 0) is 0 Å². The Kier molecular flexibility index (Phi) is 5.46. The molecule has 1 fully saturated rings. The number of amides is 1. The Labute approximate surface area is 99.9 Å². The third-order valence-corrected chi connectivity index (χ3v) is 2.40. The minimum Gasteiger partial charge on any atom is -0.481 e. The van der Waals surface area contributed by atoms with Crippen molar-refractivity contribution >= 4 is 11.9 Å². The Morgan fingerprint density at radius 2 is 2.35 bits per heavy atom. The number of carbonyl (C=O) groups excluding carboxylic acids is 1. The van der Waals surface area contributed by atoms with Crippen LogP contribution < -0.4 is 5.32 Å². The predicted molar refractivity (Wildman–Crippen MR) is 60.3 cm³/mol. The quantitative estimate of drug-likeness (QED) is 0.471. The molecule has 0 spiro atoms. The third kappa shape index (κ3) is 4.85. The van der Waals surface area contributed by atoms with E-state index in [1.807, 2.05) is 0 Å². The van der Waals surface area contributed by atoms with Crippen LogP contribution in [0.25, 0.3) is 0 Å². The fourth-order valence-corrected chi connectivity index (χ4v) is 1.62. The molecule has 6 heteroatoms. The summed E-state index contributed by atoms with van der Waals surface area (Å²) in [5.41, 5.74) is 0. The first-order valence-corrected chi connectivity index (χ1v) is 5.39. The van der Waals surface area contributed by atoms with Crippen LogP contribution >= 0.6 is 0 Å². The number of carboxylic acids is 1. The van der Waals surface area contributed by atoms with Crippen molar-refractivity contribution in [1.29, 1.82) is 0 Å². The van der Waals surface area contributed by atoms with Crippen molar-refractivity contribution < 1.29 is 19.4 Å². The van der Waals surface area contributed by atoms with Crippen LogP contribution in [0.4, 0.5) is 0 Å². The number of carbonyl (C=O) groups is 2. The van der Waals surface area contributed by atoms with Crippen molar-refractivity contribution in [2.45, 2.75) is 12.5 Å². The van der Waals surface area contributed by atoms with E-state index in [-0.39, 0.29) is 18.9 Å². The molecule has 1 aliphatic rings. The zero-order valence-corrected chi connectivity index (χ0v) is 9.52. The van der Waals surface area contributed by atoms with Crippen molar-refractivity contribution in [1.82, 2.24) is 10.2 Å². The van der Waals surface area contributed by atoms with Gasteiger partial charge in [0.15, 0.2) is 0 Å². The van der Waals surface area contributed by atoms with Crippen molar-refractivity contribution in [3.05, 3.63) is 0 Å². The molecule has 1 amide bonds. The highest BCUT2D eigenvalue weighted by atomic mass is 16.5. The molecule has 1 aliphatic heterocycles. The second kappa shape index (κ2) is 6.89. The molecule has 0 aliphatic carbocycles. The average molecular weight is 240 g/mol. The Bertz CT molecular complexity index is 324. The van der Waals surface area contributed by atoms with Gasteiger partial charge in [-0.2, -0.15) is 0 Å². The number of carboxylic acid groups (broad SMARTS) is 1. The second-order valence-corrected chi connectivity index (χ2v) is 3.74. The van der Waals surface area contributed by atoms with Gasteiger partial charge in [-0.1, -0.05) is 5.92 Å². The molecule has 94 valence electrons. The fraction of sp³-hybridized carbons (Fsp3) is 0.636. The van der Waals surface area contributed by atoms with Gasteiger partial charge in [0.05, 0.1) is 32.2 Å². The number of aliphatic carboxylic acids is 1. The molecule has 0 radical (unpaired) electrons. The first-order chi connectivity index (χ1) is 8.13. The lowest BCUT2D eigenvalue weighted by Gasteiger charge is -2.32. The summed E-state index contributed by atoms with van der Waals surface area (Å²) in [7, 11) is 0. The Hall–Kier alpha value is -1.58. The Balaban J connectivity index is 2.35. The second-order valence-electron chi connectivity index (χ2n) is 3.74. The first-order valence-electron chi connectivity index (χ1n) is 5.39. The van der Waals surface area contributed by atoms with Gasteiger partial charge in [0.25, 0.3) is 0 Å². The predicted octanol–water partition coefficient (Wildman–Crippen LogP) is -1.09. The van der Waals surface area contributed by atoms with Crippen LogP contribution in [0.2, 0.25) is 0 Å². The lowest BCUT2D eigenvalue weighted by molar-refractivity contribution is -0.147. The van der Waals surface area contributed by atoms with E-state index in [0.717, 1.165) is 0 Å². The van der Waals surface area contributed by atoms with E-state index >= 15 is 0 Å². The van der Waals surface area contributed by atoms with Crippen LogP contribution in [0.5, 0.6) is 0 Å². The SMILES string of the molecule is C#CCNCC(=O)N1CCOC(CC(=O)O)C1. The van der Waals surface area contributed by atoms with E-state index in [1.54, 1.807) is 4.90 Å². The number of ether oxygens (including phenoxy) is 1. The molecule has 6 nitrogen and oxygen atoms in total. The maximum absolute atomic E-state index is 11.7. The third-order valence-electron chi connectivity index (χ3n) is 2.40. The molecule has 0 aromatic rings. The van der Waals surface area contributed by atoms with Crippen molar-refractivity contribution in [2.75, 3.05) is 32.8 Å². The van der Waals surface area contributed by atoms with E-state index in [9.17, 15) is 9.59 Å². The summed E-state index contributed by atoms with van der Waals surface area (Å²) in [5, 5.41) is 11.4. The van der Waals surface area contributed by atoms with Crippen LogP contribution in [0.1, 0.15) is 6.42 Å². The number of hydrogen-bond acceptors (Lipinski definition) is 4. The van der Waals surface area contributed by atoms with E-state index < -0.39 is 12.1 Å². The molecule has 1 atom stereocenters. The van der Waals surface area contributed by atoms with Gasteiger partial charge in [0, 0.05) is 13.1 Å². The van der Waals surface area contributed by atoms with Crippen molar-refractivity contribution in [3.8, 4) is 12.3 Å². The van der Waals surface area contributed by atoms with Gasteiger partial charge >= 0.3 is 5.97 Å². The largest absolute Gasteiger partial charge is 0.481 e. The molecule has 2 N–H and O–H groups in total. The number of nitrogens with one attached hydrogen (secondary N) is 1. The lowest BCUT2D eigenvalue weighted by Crippen LogP contribution is -2.48. The van der Waals surface area contributed by atoms with Crippen LogP contribution in [0.3, 0.4) is 0 Å². The van der Waals surface area contributed by atoms with Gasteiger partial charge in [0.1, 0.15) is 0 Å². The summed E-state index contributed by atoms with van der Waals surface area (Å²) in [6.45, 7) is 1.70. The zero-order valence-electron chi connectivity index (χ0n) is 9.52.